The van der Waals surface area contributed by atoms with Gasteiger partial charge in [-0.25, -0.2) is 0 Å². The Balaban J connectivity index is 2.23. The van der Waals surface area contributed by atoms with Gasteiger partial charge in [0.05, 0.1) is 16.1 Å². The molecule has 5 N–H and O–H groups in total. The molecule has 1 aromatic heterocycles. The van der Waals surface area contributed by atoms with Crippen LogP contribution in [-0.4, -0.2) is 21.0 Å². The second kappa shape index (κ2) is 6.20. The number of carbonyl (C=O) groups is 1. The number of aromatic amines is 1. The summed E-state index contributed by atoms with van der Waals surface area (Å²) in [5, 5.41) is 19.9. The van der Waals surface area contributed by atoms with Crippen molar-refractivity contribution < 1.29 is 9.72 Å². The number of nitrogens with zero attached hydrogens (tertiary/aromatic N) is 2. The Labute approximate surface area is 123 Å². The summed E-state index contributed by atoms with van der Waals surface area (Å²) >= 11 is 5.88. The van der Waals surface area contributed by atoms with Crippen molar-refractivity contribution in [1.29, 1.82) is 0 Å². The summed E-state index contributed by atoms with van der Waals surface area (Å²) < 4.78 is 0. The lowest BCUT2D eigenvalue weighted by Crippen LogP contribution is -2.23. The van der Waals surface area contributed by atoms with Crippen LogP contribution in [-0.2, 0) is 6.54 Å². The first-order valence-corrected chi connectivity index (χ1v) is 6.11. The van der Waals surface area contributed by atoms with Crippen molar-refractivity contribution in [2.45, 2.75) is 6.54 Å². The van der Waals surface area contributed by atoms with Gasteiger partial charge in [-0.2, -0.15) is 5.10 Å². The second-order valence-corrected chi connectivity index (χ2v) is 4.45. The normalized spacial score (nSPS) is 10.2. The fourth-order valence-corrected chi connectivity index (χ4v) is 1.94. The van der Waals surface area contributed by atoms with E-state index in [2.05, 4.69) is 20.9 Å². The number of rotatable bonds is 5. The average molecular weight is 311 g/mol. The molecule has 0 aliphatic carbocycles. The van der Waals surface area contributed by atoms with E-state index in [0.29, 0.717) is 0 Å². The van der Waals surface area contributed by atoms with Gasteiger partial charge in [-0.3, -0.25) is 25.9 Å². The zero-order chi connectivity index (χ0) is 15.4. The molecule has 10 heteroatoms. The van der Waals surface area contributed by atoms with E-state index in [9.17, 15) is 14.9 Å². The average Bonchev–Trinajstić information content (AvgIpc) is 2.96. The molecule has 9 nitrogen and oxygen atoms in total. The smallest absolute Gasteiger partial charge is 0.295 e. The highest BCUT2D eigenvalue weighted by atomic mass is 35.5. The number of aromatic nitrogens is 2. The number of nitro groups is 1. The molecule has 2 rings (SSSR count). The molecule has 2 aromatic rings. The molecular formula is C11H11ClN6O3. The molecule has 0 saturated heterocycles. The van der Waals surface area contributed by atoms with E-state index in [0.717, 1.165) is 11.6 Å². The van der Waals surface area contributed by atoms with Crippen molar-refractivity contribution in [2.24, 2.45) is 5.84 Å². The molecule has 0 spiro atoms. The predicted molar refractivity (Wildman–Crippen MR) is 75.7 cm³/mol. The molecule has 1 heterocycles. The lowest BCUT2D eigenvalue weighted by Gasteiger charge is -2.08. The van der Waals surface area contributed by atoms with Gasteiger partial charge in [0, 0.05) is 29.9 Å². The van der Waals surface area contributed by atoms with E-state index < -0.39 is 10.8 Å². The zero-order valence-electron chi connectivity index (χ0n) is 10.6. The van der Waals surface area contributed by atoms with E-state index >= 15 is 0 Å². The molecule has 0 aliphatic rings. The third-order valence-corrected chi connectivity index (χ3v) is 2.98. The minimum Gasteiger partial charge on any atom is -0.348 e. The number of hydrazine groups is 1. The van der Waals surface area contributed by atoms with Crippen LogP contribution in [0.15, 0.2) is 24.5 Å². The minimum atomic E-state index is -0.673. The van der Waals surface area contributed by atoms with Crippen LogP contribution in [0.2, 0.25) is 5.02 Å². The van der Waals surface area contributed by atoms with Gasteiger partial charge in [0.15, 0.2) is 0 Å². The Morgan fingerprint density at radius 2 is 2.29 bits per heavy atom. The van der Waals surface area contributed by atoms with Gasteiger partial charge in [-0.15, -0.1) is 0 Å². The summed E-state index contributed by atoms with van der Waals surface area (Å²) in [6.07, 6.45) is 3.17. The van der Waals surface area contributed by atoms with Crippen molar-refractivity contribution >= 4 is 28.9 Å². The first-order valence-electron chi connectivity index (χ1n) is 5.73. The topological polar surface area (TPSA) is 139 Å². The molecule has 0 fully saturated rings. The van der Waals surface area contributed by atoms with E-state index in [1.807, 2.05) is 0 Å². The van der Waals surface area contributed by atoms with Gasteiger partial charge in [-0.05, 0) is 6.07 Å². The van der Waals surface area contributed by atoms with Gasteiger partial charge in [0.2, 0.25) is 0 Å². The number of amides is 1. The van der Waals surface area contributed by atoms with E-state index in [-0.39, 0.29) is 28.5 Å². The lowest BCUT2D eigenvalue weighted by atomic mass is 10.1. The Bertz CT molecular complexity index is 673. The summed E-state index contributed by atoms with van der Waals surface area (Å²) in [4.78, 5) is 22.3. The van der Waals surface area contributed by atoms with Gasteiger partial charge in [0.1, 0.15) is 5.69 Å². The Morgan fingerprint density at radius 3 is 2.86 bits per heavy atom. The predicted octanol–water partition coefficient (Wildman–Crippen LogP) is 1.19. The third kappa shape index (κ3) is 3.27. The zero-order valence-corrected chi connectivity index (χ0v) is 11.3. The number of halogens is 1. The van der Waals surface area contributed by atoms with E-state index in [4.69, 9.17) is 17.4 Å². The first-order chi connectivity index (χ1) is 10.0. The first kappa shape index (κ1) is 14.8. The minimum absolute atomic E-state index is 0.0137. The molecule has 0 saturated carbocycles. The highest BCUT2D eigenvalue weighted by Gasteiger charge is 2.20. The van der Waals surface area contributed by atoms with Crippen LogP contribution in [0.1, 0.15) is 15.9 Å². The summed E-state index contributed by atoms with van der Waals surface area (Å²) in [6.45, 7) is 0.234. The number of anilines is 1. The van der Waals surface area contributed by atoms with Crippen LogP contribution in [0.5, 0.6) is 0 Å². The van der Waals surface area contributed by atoms with Crippen molar-refractivity contribution in [1.82, 2.24) is 15.5 Å². The van der Waals surface area contributed by atoms with Crippen LogP contribution >= 0.6 is 11.6 Å². The SMILES string of the molecule is NNc1c(Cl)cc(C(=O)NCc2cn[nH]c2)cc1[N+](=O)[O-]. The quantitative estimate of drug-likeness (QED) is 0.371. The number of hydrogen-bond acceptors (Lipinski definition) is 6. The summed E-state index contributed by atoms with van der Waals surface area (Å²) in [5.41, 5.74) is 2.56. The second-order valence-electron chi connectivity index (χ2n) is 4.04. The number of hydrogen-bond donors (Lipinski definition) is 4. The molecular weight excluding hydrogens is 300 g/mol. The molecule has 0 bridgehead atoms. The van der Waals surface area contributed by atoms with Crippen LogP contribution in [0.3, 0.4) is 0 Å². The number of nitrogens with two attached hydrogens (primary N) is 1. The molecule has 0 radical (unpaired) electrons. The van der Waals surface area contributed by atoms with Crippen LogP contribution in [0.25, 0.3) is 0 Å². The molecule has 21 heavy (non-hydrogen) atoms. The van der Waals surface area contributed by atoms with Crippen LogP contribution < -0.4 is 16.6 Å². The fraction of sp³-hybridized carbons (Fsp3) is 0.0909. The molecule has 1 amide bonds. The van der Waals surface area contributed by atoms with Crippen molar-refractivity contribution in [3.63, 3.8) is 0 Å². The molecule has 110 valence electrons. The monoisotopic (exact) mass is 310 g/mol. The Hall–Kier alpha value is -2.65. The summed E-state index contributed by atoms with van der Waals surface area (Å²) in [5.74, 6) is 4.69. The van der Waals surface area contributed by atoms with Gasteiger partial charge in [-0.1, -0.05) is 11.6 Å². The molecule has 0 aliphatic heterocycles. The number of H-pyrrole nitrogens is 1. The maximum absolute atomic E-state index is 12.0. The molecule has 0 atom stereocenters. The molecule has 0 unspecified atom stereocenters. The number of nitro benzene ring substituents is 1. The third-order valence-electron chi connectivity index (χ3n) is 2.68. The largest absolute Gasteiger partial charge is 0.348 e. The number of nitrogens with one attached hydrogen (secondary N) is 3. The van der Waals surface area contributed by atoms with Crippen molar-refractivity contribution in [3.05, 3.63) is 50.8 Å². The summed E-state index contributed by atoms with van der Waals surface area (Å²) in [6, 6.07) is 2.40. The fourth-order valence-electron chi connectivity index (χ4n) is 1.67. The van der Waals surface area contributed by atoms with Gasteiger partial charge < -0.3 is 10.7 Å². The number of benzene rings is 1. The maximum Gasteiger partial charge on any atom is 0.295 e. The maximum atomic E-state index is 12.0. The van der Waals surface area contributed by atoms with Crippen LogP contribution in [0.4, 0.5) is 11.4 Å². The standard InChI is InChI=1S/C11H11ClN6O3/c12-8-1-7(2-9(18(20)21)10(8)17-13)11(19)14-3-6-4-15-16-5-6/h1-2,4-5,17H,3,13H2,(H,14,19)(H,15,16). The van der Waals surface area contributed by atoms with Crippen molar-refractivity contribution in [2.75, 3.05) is 5.43 Å². The van der Waals surface area contributed by atoms with Crippen LogP contribution in [0, 0.1) is 10.1 Å². The highest BCUT2D eigenvalue weighted by Crippen LogP contribution is 2.32. The Kier molecular flexibility index (Phi) is 4.36. The van der Waals surface area contributed by atoms with Gasteiger partial charge >= 0.3 is 0 Å². The Morgan fingerprint density at radius 1 is 1.52 bits per heavy atom. The highest BCUT2D eigenvalue weighted by molar-refractivity contribution is 6.34. The number of carbonyl (C=O) groups excluding carboxylic acids is 1. The van der Waals surface area contributed by atoms with E-state index in [1.165, 1.54) is 6.07 Å². The summed E-state index contributed by atoms with van der Waals surface area (Å²) in [7, 11) is 0. The molecule has 1 aromatic carbocycles. The van der Waals surface area contributed by atoms with Crippen molar-refractivity contribution in [3.8, 4) is 0 Å². The number of nitrogen functional groups attached to an aromatic ring is 1. The van der Waals surface area contributed by atoms with Gasteiger partial charge in [0.25, 0.3) is 11.6 Å². The van der Waals surface area contributed by atoms with E-state index in [1.54, 1.807) is 12.4 Å². The lowest BCUT2D eigenvalue weighted by molar-refractivity contribution is -0.384.